The molecular weight excluding hydrogens is 374 g/mol. The fourth-order valence-corrected chi connectivity index (χ4v) is 4.34. The molecule has 1 fully saturated rings. The third-order valence-electron chi connectivity index (χ3n) is 4.83. The maximum absolute atomic E-state index is 12.5. The van der Waals surface area contributed by atoms with Gasteiger partial charge >= 0.3 is 0 Å². The first-order chi connectivity index (χ1) is 13.4. The van der Waals surface area contributed by atoms with Crippen LogP contribution in [0.1, 0.15) is 37.3 Å². The van der Waals surface area contributed by atoms with Crippen LogP contribution >= 0.6 is 0 Å². The van der Waals surface area contributed by atoms with Crippen LogP contribution in [-0.2, 0) is 27.9 Å². The number of anilines is 1. The average molecular weight is 402 g/mol. The van der Waals surface area contributed by atoms with Crippen molar-refractivity contribution in [1.29, 1.82) is 0 Å². The van der Waals surface area contributed by atoms with Gasteiger partial charge in [-0.1, -0.05) is 30.7 Å². The van der Waals surface area contributed by atoms with E-state index in [1.807, 2.05) is 12.1 Å². The first-order valence-electron chi connectivity index (χ1n) is 9.60. The van der Waals surface area contributed by atoms with Gasteiger partial charge in [-0.15, -0.1) is 0 Å². The molecule has 1 heterocycles. The largest absolute Gasteiger partial charge is 0.326 e. The van der Waals surface area contributed by atoms with E-state index in [2.05, 4.69) is 27.1 Å². The number of hydrogen-bond acceptors (Lipinski definition) is 4. The van der Waals surface area contributed by atoms with Crippen molar-refractivity contribution < 1.29 is 13.2 Å². The van der Waals surface area contributed by atoms with Crippen molar-refractivity contribution in [3.8, 4) is 0 Å². The van der Waals surface area contributed by atoms with Gasteiger partial charge in [0.15, 0.2) is 0 Å². The Morgan fingerprint density at radius 3 is 2.14 bits per heavy atom. The third kappa shape index (κ3) is 5.89. The maximum atomic E-state index is 12.5. The van der Waals surface area contributed by atoms with E-state index in [4.69, 9.17) is 0 Å². The molecule has 3 rings (SSSR count). The normalized spacial score (nSPS) is 15.3. The number of sulfonamides is 1. The van der Waals surface area contributed by atoms with E-state index in [1.54, 1.807) is 12.1 Å². The summed E-state index contributed by atoms with van der Waals surface area (Å²) in [6.07, 6.45) is 3.86. The fraction of sp³-hybridized carbons (Fsp3) is 0.381. The molecule has 1 aliphatic rings. The maximum Gasteiger partial charge on any atom is 0.240 e. The second-order valence-electron chi connectivity index (χ2n) is 7.18. The van der Waals surface area contributed by atoms with Gasteiger partial charge in [-0.2, -0.15) is 0 Å². The quantitative estimate of drug-likeness (QED) is 0.747. The average Bonchev–Trinajstić information content (AvgIpc) is 2.68. The molecule has 28 heavy (non-hydrogen) atoms. The molecule has 0 saturated carbocycles. The van der Waals surface area contributed by atoms with E-state index in [0.717, 1.165) is 25.2 Å². The van der Waals surface area contributed by atoms with Crippen LogP contribution in [0.5, 0.6) is 0 Å². The Labute approximate surface area is 167 Å². The highest BCUT2D eigenvalue weighted by Gasteiger charge is 2.14. The van der Waals surface area contributed by atoms with Crippen molar-refractivity contribution >= 4 is 21.6 Å². The van der Waals surface area contributed by atoms with E-state index in [0.29, 0.717) is 5.69 Å². The minimum absolute atomic E-state index is 0.170. The summed E-state index contributed by atoms with van der Waals surface area (Å²) in [6.45, 7) is 4.90. The van der Waals surface area contributed by atoms with Gasteiger partial charge in [0.2, 0.25) is 15.9 Å². The highest BCUT2D eigenvalue weighted by atomic mass is 32.2. The minimum atomic E-state index is -3.61. The zero-order chi connectivity index (χ0) is 20.0. The lowest BCUT2D eigenvalue weighted by molar-refractivity contribution is -0.114. The third-order valence-corrected chi connectivity index (χ3v) is 6.25. The van der Waals surface area contributed by atoms with Crippen LogP contribution in [0.4, 0.5) is 5.69 Å². The van der Waals surface area contributed by atoms with Crippen molar-refractivity contribution in [2.75, 3.05) is 18.4 Å². The number of benzene rings is 2. The number of amides is 1. The Bertz CT molecular complexity index is 887. The molecule has 1 saturated heterocycles. The summed E-state index contributed by atoms with van der Waals surface area (Å²) in [6, 6.07) is 14.2. The lowest BCUT2D eigenvalue weighted by atomic mass is 10.1. The van der Waals surface area contributed by atoms with Crippen LogP contribution in [0.15, 0.2) is 53.4 Å². The molecule has 0 radical (unpaired) electrons. The Kier molecular flexibility index (Phi) is 6.83. The summed E-state index contributed by atoms with van der Waals surface area (Å²) in [5.41, 5.74) is 2.73. The number of carbonyl (C=O) groups excluding carboxylic acids is 1. The second kappa shape index (κ2) is 9.32. The summed E-state index contributed by atoms with van der Waals surface area (Å²) in [4.78, 5) is 13.7. The van der Waals surface area contributed by atoms with Crippen molar-refractivity contribution in [2.45, 2.75) is 44.2 Å². The number of piperidine rings is 1. The van der Waals surface area contributed by atoms with Crippen molar-refractivity contribution in [1.82, 2.24) is 9.62 Å². The molecule has 0 bridgehead atoms. The van der Waals surface area contributed by atoms with Gasteiger partial charge in [0.25, 0.3) is 0 Å². The zero-order valence-electron chi connectivity index (χ0n) is 16.1. The summed E-state index contributed by atoms with van der Waals surface area (Å²) in [5, 5.41) is 2.62. The van der Waals surface area contributed by atoms with Crippen LogP contribution < -0.4 is 10.0 Å². The van der Waals surface area contributed by atoms with Gasteiger partial charge in [-0.25, -0.2) is 13.1 Å². The van der Waals surface area contributed by atoms with E-state index in [-0.39, 0.29) is 17.3 Å². The first kappa shape index (κ1) is 20.5. The Hall–Kier alpha value is -2.22. The van der Waals surface area contributed by atoms with Crippen LogP contribution in [0.25, 0.3) is 0 Å². The number of hydrogen-bond donors (Lipinski definition) is 2. The summed E-state index contributed by atoms with van der Waals surface area (Å²) < 4.78 is 27.6. The van der Waals surface area contributed by atoms with Gasteiger partial charge in [0.05, 0.1) is 4.90 Å². The highest BCUT2D eigenvalue weighted by Crippen LogP contribution is 2.16. The van der Waals surface area contributed by atoms with Crippen LogP contribution in [0.2, 0.25) is 0 Å². The van der Waals surface area contributed by atoms with Gasteiger partial charge in [-0.3, -0.25) is 9.69 Å². The molecule has 0 unspecified atom stereocenters. The van der Waals surface area contributed by atoms with E-state index in [1.165, 1.54) is 43.9 Å². The van der Waals surface area contributed by atoms with Gasteiger partial charge in [0, 0.05) is 25.7 Å². The topological polar surface area (TPSA) is 78.5 Å². The monoisotopic (exact) mass is 401 g/mol. The van der Waals surface area contributed by atoms with Gasteiger partial charge < -0.3 is 5.32 Å². The first-order valence-corrected chi connectivity index (χ1v) is 11.1. The number of rotatable bonds is 7. The predicted molar refractivity (Wildman–Crippen MR) is 110 cm³/mol. The number of nitrogens with one attached hydrogen (secondary N) is 2. The van der Waals surface area contributed by atoms with Gasteiger partial charge in [0.1, 0.15) is 0 Å². The predicted octanol–water partition coefficient (Wildman–Crippen LogP) is 3.11. The molecule has 6 nitrogen and oxygen atoms in total. The molecule has 2 aromatic carbocycles. The molecule has 7 heteroatoms. The summed E-state index contributed by atoms with van der Waals surface area (Å²) in [5.74, 6) is -0.197. The summed E-state index contributed by atoms with van der Waals surface area (Å²) in [7, 11) is -3.61. The highest BCUT2D eigenvalue weighted by molar-refractivity contribution is 7.89. The van der Waals surface area contributed by atoms with Crippen molar-refractivity contribution in [3.05, 3.63) is 59.7 Å². The smallest absolute Gasteiger partial charge is 0.240 e. The standard InChI is InChI=1S/C21H27N3O3S/c1-17(25)23-20-9-11-21(12-10-20)28(26,27)22-15-18-5-7-19(8-6-18)16-24-13-3-2-4-14-24/h5-12,22H,2-4,13-16H2,1H3,(H,23,25). The molecule has 0 spiro atoms. The van der Waals surface area contributed by atoms with Crippen molar-refractivity contribution in [2.24, 2.45) is 0 Å². The van der Waals surface area contributed by atoms with Crippen LogP contribution in [0.3, 0.4) is 0 Å². The SMILES string of the molecule is CC(=O)Nc1ccc(S(=O)(=O)NCc2ccc(CN3CCCCC3)cc2)cc1. The molecular formula is C21H27N3O3S. The number of nitrogens with zero attached hydrogens (tertiary/aromatic N) is 1. The zero-order valence-corrected chi connectivity index (χ0v) is 17.0. The molecule has 0 atom stereocenters. The van der Waals surface area contributed by atoms with Crippen LogP contribution in [0, 0.1) is 0 Å². The van der Waals surface area contributed by atoms with E-state index >= 15 is 0 Å². The van der Waals surface area contributed by atoms with Crippen molar-refractivity contribution in [3.63, 3.8) is 0 Å². The Morgan fingerprint density at radius 2 is 1.54 bits per heavy atom. The number of likely N-dealkylation sites (tertiary alicyclic amines) is 1. The van der Waals surface area contributed by atoms with E-state index in [9.17, 15) is 13.2 Å². The lowest BCUT2D eigenvalue weighted by Crippen LogP contribution is -2.29. The molecule has 0 aliphatic carbocycles. The molecule has 1 amide bonds. The lowest BCUT2D eigenvalue weighted by Gasteiger charge is -2.26. The number of carbonyl (C=O) groups is 1. The Morgan fingerprint density at radius 1 is 0.929 bits per heavy atom. The van der Waals surface area contributed by atoms with E-state index < -0.39 is 10.0 Å². The molecule has 2 aromatic rings. The second-order valence-corrected chi connectivity index (χ2v) is 8.95. The Balaban J connectivity index is 1.55. The molecule has 1 aliphatic heterocycles. The molecule has 150 valence electrons. The fourth-order valence-electron chi connectivity index (χ4n) is 3.32. The van der Waals surface area contributed by atoms with Crippen LogP contribution in [-0.4, -0.2) is 32.3 Å². The molecule has 2 N–H and O–H groups in total. The molecule has 0 aromatic heterocycles. The minimum Gasteiger partial charge on any atom is -0.326 e. The summed E-state index contributed by atoms with van der Waals surface area (Å²) >= 11 is 0. The van der Waals surface area contributed by atoms with Gasteiger partial charge in [-0.05, 0) is 61.3 Å².